The van der Waals surface area contributed by atoms with Gasteiger partial charge in [-0.15, -0.1) is 0 Å². The molecule has 0 heterocycles. The van der Waals surface area contributed by atoms with E-state index >= 15 is 0 Å². The van der Waals surface area contributed by atoms with Gasteiger partial charge in [0.15, 0.2) is 0 Å². The zero-order valence-electron chi connectivity index (χ0n) is 13.9. The monoisotopic (exact) mass is 296 g/mol. The van der Waals surface area contributed by atoms with Crippen molar-refractivity contribution in [1.29, 1.82) is 0 Å². The Balaban J connectivity index is 1.89. The largest absolute Gasteiger partial charge is 0.368 e. The van der Waals surface area contributed by atoms with Crippen molar-refractivity contribution in [2.24, 2.45) is 5.73 Å². The highest BCUT2D eigenvalue weighted by Crippen LogP contribution is 2.34. The molecule has 122 valence electrons. The number of amides is 1. The molecule has 1 amide bonds. The van der Waals surface area contributed by atoms with Gasteiger partial charge in [-0.25, -0.2) is 0 Å². The molecule has 2 unspecified atom stereocenters. The van der Waals surface area contributed by atoms with Crippen molar-refractivity contribution in [3.8, 4) is 0 Å². The van der Waals surface area contributed by atoms with Gasteiger partial charge in [0.1, 0.15) is 0 Å². The number of carbonyl (C=O) groups excluding carboxylic acids is 1. The predicted octanol–water partition coefficient (Wildman–Crippen LogP) is 0.789. The minimum absolute atomic E-state index is 0.152. The molecule has 5 nitrogen and oxygen atoms in total. The molecule has 2 fully saturated rings. The average Bonchev–Trinajstić information content (AvgIpc) is 3.22. The zero-order valence-corrected chi connectivity index (χ0v) is 13.9. The molecular weight excluding hydrogens is 264 g/mol. The Labute approximate surface area is 129 Å². The van der Waals surface area contributed by atoms with E-state index in [1.54, 1.807) is 0 Å². The SMILES string of the molecule is CN(C)CCCN(C)C1CCCC(NC2CC2)(C(N)=O)C1. The first-order chi connectivity index (χ1) is 9.93. The molecule has 2 saturated carbocycles. The highest BCUT2D eigenvalue weighted by Gasteiger charge is 2.45. The summed E-state index contributed by atoms with van der Waals surface area (Å²) in [5.74, 6) is -0.152. The molecule has 0 radical (unpaired) electrons. The van der Waals surface area contributed by atoms with Gasteiger partial charge < -0.3 is 20.9 Å². The van der Waals surface area contributed by atoms with Crippen LogP contribution in [-0.4, -0.2) is 67.6 Å². The van der Waals surface area contributed by atoms with Crippen LogP contribution in [0.3, 0.4) is 0 Å². The lowest BCUT2D eigenvalue weighted by Crippen LogP contribution is -2.61. The molecular formula is C16H32N4O. The molecule has 2 aliphatic rings. The fraction of sp³-hybridized carbons (Fsp3) is 0.938. The Hall–Kier alpha value is -0.650. The smallest absolute Gasteiger partial charge is 0.237 e. The van der Waals surface area contributed by atoms with E-state index in [9.17, 15) is 4.79 Å². The van der Waals surface area contributed by atoms with Gasteiger partial charge >= 0.3 is 0 Å². The molecule has 0 aromatic carbocycles. The van der Waals surface area contributed by atoms with E-state index in [2.05, 4.69) is 36.3 Å². The van der Waals surface area contributed by atoms with Crippen LogP contribution in [0.1, 0.15) is 44.9 Å². The Morgan fingerprint density at radius 1 is 1.24 bits per heavy atom. The second kappa shape index (κ2) is 7.07. The second-order valence-electron chi connectivity index (χ2n) is 7.25. The van der Waals surface area contributed by atoms with Crippen LogP contribution in [0.2, 0.25) is 0 Å². The third kappa shape index (κ3) is 4.66. The Morgan fingerprint density at radius 3 is 2.52 bits per heavy atom. The molecule has 2 atom stereocenters. The van der Waals surface area contributed by atoms with Gasteiger partial charge in [-0.1, -0.05) is 0 Å². The minimum atomic E-state index is -0.458. The summed E-state index contributed by atoms with van der Waals surface area (Å²) in [7, 11) is 6.41. The molecule has 5 heteroatoms. The Morgan fingerprint density at radius 2 is 1.95 bits per heavy atom. The van der Waals surface area contributed by atoms with Gasteiger partial charge in [0.2, 0.25) is 5.91 Å². The summed E-state index contributed by atoms with van der Waals surface area (Å²) in [5.41, 5.74) is 5.30. The van der Waals surface area contributed by atoms with Crippen LogP contribution in [0.25, 0.3) is 0 Å². The maximum absolute atomic E-state index is 12.0. The lowest BCUT2D eigenvalue weighted by atomic mass is 9.77. The number of primary amides is 1. The van der Waals surface area contributed by atoms with Crippen LogP contribution in [0, 0.1) is 0 Å². The van der Waals surface area contributed by atoms with E-state index in [-0.39, 0.29) is 5.91 Å². The summed E-state index contributed by atoms with van der Waals surface area (Å²) >= 11 is 0. The molecule has 2 aliphatic carbocycles. The van der Waals surface area contributed by atoms with E-state index in [1.165, 1.54) is 25.7 Å². The van der Waals surface area contributed by atoms with Gasteiger partial charge in [-0.05, 0) is 79.2 Å². The average molecular weight is 296 g/mol. The Kier molecular flexibility index (Phi) is 5.63. The lowest BCUT2D eigenvalue weighted by molar-refractivity contribution is -0.126. The van der Waals surface area contributed by atoms with Crippen molar-refractivity contribution in [1.82, 2.24) is 15.1 Å². The standard InChI is InChI=1S/C16H32N4O/c1-19(2)10-5-11-20(3)14-6-4-9-16(12-14,15(17)21)18-13-7-8-13/h13-14,18H,4-12H2,1-3H3,(H2,17,21). The molecule has 2 rings (SSSR count). The number of nitrogens with zero attached hydrogens (tertiary/aromatic N) is 2. The molecule has 0 spiro atoms. The molecule has 0 aliphatic heterocycles. The first-order valence-corrected chi connectivity index (χ1v) is 8.35. The van der Waals surface area contributed by atoms with Crippen molar-refractivity contribution < 1.29 is 4.79 Å². The quantitative estimate of drug-likeness (QED) is 0.695. The van der Waals surface area contributed by atoms with Crippen molar-refractivity contribution in [3.63, 3.8) is 0 Å². The lowest BCUT2D eigenvalue weighted by Gasteiger charge is -2.42. The van der Waals surface area contributed by atoms with Gasteiger partial charge in [0.05, 0.1) is 5.54 Å². The number of rotatable bonds is 8. The molecule has 21 heavy (non-hydrogen) atoms. The van der Waals surface area contributed by atoms with Crippen LogP contribution in [0.4, 0.5) is 0 Å². The number of carbonyl (C=O) groups is 1. The summed E-state index contributed by atoms with van der Waals surface area (Å²) in [6, 6.07) is 0.995. The summed E-state index contributed by atoms with van der Waals surface area (Å²) in [6.45, 7) is 2.19. The van der Waals surface area contributed by atoms with Crippen LogP contribution in [0.15, 0.2) is 0 Å². The number of hydrogen-bond acceptors (Lipinski definition) is 4. The van der Waals surface area contributed by atoms with Crippen molar-refractivity contribution in [2.45, 2.75) is 62.6 Å². The zero-order chi connectivity index (χ0) is 15.5. The van der Waals surface area contributed by atoms with Crippen LogP contribution >= 0.6 is 0 Å². The first kappa shape index (κ1) is 16.7. The van der Waals surface area contributed by atoms with Crippen LogP contribution in [0.5, 0.6) is 0 Å². The first-order valence-electron chi connectivity index (χ1n) is 8.35. The van der Waals surface area contributed by atoms with Gasteiger partial charge in [-0.3, -0.25) is 4.79 Å². The summed E-state index contributed by atoms with van der Waals surface area (Å²) < 4.78 is 0. The minimum Gasteiger partial charge on any atom is -0.368 e. The molecule has 0 bridgehead atoms. The molecule has 0 aromatic heterocycles. The van der Waals surface area contributed by atoms with E-state index in [4.69, 9.17) is 5.73 Å². The van der Waals surface area contributed by atoms with E-state index in [0.717, 1.165) is 32.4 Å². The maximum atomic E-state index is 12.0. The Bertz CT molecular complexity index is 356. The highest BCUT2D eigenvalue weighted by atomic mass is 16.1. The highest BCUT2D eigenvalue weighted by molar-refractivity contribution is 5.85. The normalized spacial score (nSPS) is 30.0. The van der Waals surface area contributed by atoms with Crippen LogP contribution in [-0.2, 0) is 4.79 Å². The number of nitrogens with one attached hydrogen (secondary N) is 1. The van der Waals surface area contributed by atoms with E-state index in [1.807, 2.05) is 0 Å². The summed E-state index contributed by atoms with van der Waals surface area (Å²) in [6.07, 6.45) is 7.60. The fourth-order valence-electron chi connectivity index (χ4n) is 3.49. The number of hydrogen-bond donors (Lipinski definition) is 2. The van der Waals surface area contributed by atoms with E-state index < -0.39 is 5.54 Å². The van der Waals surface area contributed by atoms with Gasteiger partial charge in [0.25, 0.3) is 0 Å². The van der Waals surface area contributed by atoms with Gasteiger partial charge in [0, 0.05) is 12.1 Å². The predicted molar refractivity (Wildman–Crippen MR) is 86.1 cm³/mol. The molecule has 3 N–H and O–H groups in total. The van der Waals surface area contributed by atoms with Crippen LogP contribution < -0.4 is 11.1 Å². The molecule has 0 saturated heterocycles. The van der Waals surface area contributed by atoms with Crippen molar-refractivity contribution in [2.75, 3.05) is 34.2 Å². The second-order valence-corrected chi connectivity index (χ2v) is 7.25. The maximum Gasteiger partial charge on any atom is 0.237 e. The summed E-state index contributed by atoms with van der Waals surface area (Å²) in [4.78, 5) is 16.7. The summed E-state index contributed by atoms with van der Waals surface area (Å²) in [5, 5.41) is 3.56. The van der Waals surface area contributed by atoms with E-state index in [0.29, 0.717) is 12.1 Å². The molecule has 0 aromatic rings. The van der Waals surface area contributed by atoms with Gasteiger partial charge in [-0.2, -0.15) is 0 Å². The number of nitrogens with two attached hydrogens (primary N) is 1. The van der Waals surface area contributed by atoms with Crippen molar-refractivity contribution in [3.05, 3.63) is 0 Å². The fourth-order valence-corrected chi connectivity index (χ4v) is 3.49. The third-order valence-corrected chi connectivity index (χ3v) is 4.99. The third-order valence-electron chi connectivity index (χ3n) is 4.99. The topological polar surface area (TPSA) is 61.6 Å². The van der Waals surface area contributed by atoms with Crippen molar-refractivity contribution >= 4 is 5.91 Å².